The first kappa shape index (κ1) is 10.8. The zero-order chi connectivity index (χ0) is 10.4. The van der Waals surface area contributed by atoms with Crippen molar-refractivity contribution in [3.63, 3.8) is 0 Å². The molecule has 0 heterocycles. The van der Waals surface area contributed by atoms with Gasteiger partial charge in [-0.15, -0.1) is 0 Å². The van der Waals surface area contributed by atoms with Crippen LogP contribution in [0.2, 0.25) is 0 Å². The lowest BCUT2D eigenvalue weighted by molar-refractivity contribution is 0.988. The second-order valence-corrected chi connectivity index (χ2v) is 3.77. The van der Waals surface area contributed by atoms with Gasteiger partial charge in [-0.05, 0) is 37.8 Å². The smallest absolute Gasteiger partial charge is 0.0244 e. The van der Waals surface area contributed by atoms with E-state index in [1.165, 1.54) is 16.7 Å². The summed E-state index contributed by atoms with van der Waals surface area (Å²) >= 11 is 0. The third-order valence-corrected chi connectivity index (χ3v) is 2.20. The Hall–Kier alpha value is -1.30. The van der Waals surface area contributed by atoms with Gasteiger partial charge in [0, 0.05) is 0 Å². The molecule has 1 aromatic rings. The van der Waals surface area contributed by atoms with Gasteiger partial charge < -0.3 is 0 Å². The van der Waals surface area contributed by atoms with E-state index in [4.69, 9.17) is 0 Å². The average molecular weight is 186 g/mol. The van der Waals surface area contributed by atoms with Crippen molar-refractivity contribution in [2.75, 3.05) is 0 Å². The summed E-state index contributed by atoms with van der Waals surface area (Å²) in [6.45, 7) is 8.02. The Bertz CT molecular complexity index is 310. The van der Waals surface area contributed by atoms with E-state index in [-0.39, 0.29) is 0 Å². The number of rotatable bonds is 4. The summed E-state index contributed by atoms with van der Waals surface area (Å²) in [5.41, 5.74) is 3.98. The van der Waals surface area contributed by atoms with E-state index >= 15 is 0 Å². The van der Waals surface area contributed by atoms with Crippen LogP contribution in [0, 0.1) is 0 Å². The fourth-order valence-corrected chi connectivity index (χ4v) is 1.35. The van der Waals surface area contributed by atoms with E-state index in [1.54, 1.807) is 0 Å². The molecule has 0 aliphatic heterocycles. The normalized spacial score (nSPS) is 9.57. The van der Waals surface area contributed by atoms with Crippen molar-refractivity contribution in [2.24, 2.45) is 0 Å². The highest BCUT2D eigenvalue weighted by Gasteiger charge is 1.91. The van der Waals surface area contributed by atoms with Crippen LogP contribution in [0.25, 0.3) is 6.08 Å². The van der Waals surface area contributed by atoms with Gasteiger partial charge >= 0.3 is 0 Å². The predicted molar refractivity (Wildman–Crippen MR) is 64.3 cm³/mol. The minimum Gasteiger partial charge on any atom is -0.0985 e. The summed E-state index contributed by atoms with van der Waals surface area (Å²) in [4.78, 5) is 0. The van der Waals surface area contributed by atoms with Crippen molar-refractivity contribution < 1.29 is 0 Å². The molecule has 1 aromatic carbocycles. The van der Waals surface area contributed by atoms with Crippen molar-refractivity contribution in [1.82, 2.24) is 0 Å². The molecule has 0 fully saturated rings. The van der Waals surface area contributed by atoms with Crippen molar-refractivity contribution in [3.05, 3.63) is 53.6 Å². The second-order valence-electron chi connectivity index (χ2n) is 3.77. The monoisotopic (exact) mass is 186 g/mol. The summed E-state index contributed by atoms with van der Waals surface area (Å²) in [6, 6.07) is 8.58. The number of hydrogen-bond acceptors (Lipinski definition) is 0. The van der Waals surface area contributed by atoms with Crippen molar-refractivity contribution in [1.29, 1.82) is 0 Å². The summed E-state index contributed by atoms with van der Waals surface area (Å²) in [5.74, 6) is 0. The molecule has 0 saturated heterocycles. The zero-order valence-electron chi connectivity index (χ0n) is 9.09. The Morgan fingerprint density at radius 3 is 2.36 bits per heavy atom. The van der Waals surface area contributed by atoms with Crippen LogP contribution in [0.15, 0.2) is 42.5 Å². The lowest BCUT2D eigenvalue weighted by Gasteiger charge is -1.99. The topological polar surface area (TPSA) is 0 Å². The Morgan fingerprint density at radius 2 is 1.86 bits per heavy atom. The van der Waals surface area contributed by atoms with Crippen molar-refractivity contribution >= 4 is 6.08 Å². The Labute approximate surface area is 87.0 Å². The SMILES string of the molecule is C=Cc1ccc(CCC=C(C)C)cc1. The summed E-state index contributed by atoms with van der Waals surface area (Å²) < 4.78 is 0. The van der Waals surface area contributed by atoms with Gasteiger partial charge in [-0.1, -0.05) is 48.6 Å². The molecule has 0 bridgehead atoms. The van der Waals surface area contributed by atoms with Gasteiger partial charge in [0.15, 0.2) is 0 Å². The minimum atomic E-state index is 1.13. The molecule has 0 saturated carbocycles. The van der Waals surface area contributed by atoms with E-state index in [0.717, 1.165) is 12.8 Å². The van der Waals surface area contributed by atoms with Gasteiger partial charge in [-0.3, -0.25) is 0 Å². The van der Waals surface area contributed by atoms with E-state index < -0.39 is 0 Å². The molecule has 0 unspecified atom stereocenters. The van der Waals surface area contributed by atoms with Crippen LogP contribution in [-0.4, -0.2) is 0 Å². The highest BCUT2D eigenvalue weighted by molar-refractivity contribution is 5.47. The molecule has 0 amide bonds. The Morgan fingerprint density at radius 1 is 1.21 bits per heavy atom. The van der Waals surface area contributed by atoms with Gasteiger partial charge in [-0.25, -0.2) is 0 Å². The highest BCUT2D eigenvalue weighted by atomic mass is 14.0. The van der Waals surface area contributed by atoms with Gasteiger partial charge in [-0.2, -0.15) is 0 Å². The van der Waals surface area contributed by atoms with Crippen LogP contribution < -0.4 is 0 Å². The maximum atomic E-state index is 3.74. The van der Waals surface area contributed by atoms with Crippen LogP contribution in [0.3, 0.4) is 0 Å². The molecule has 0 N–H and O–H groups in total. The number of benzene rings is 1. The van der Waals surface area contributed by atoms with Crippen LogP contribution in [0.1, 0.15) is 31.4 Å². The molecule has 0 radical (unpaired) electrons. The van der Waals surface area contributed by atoms with E-state index in [0.29, 0.717) is 0 Å². The van der Waals surface area contributed by atoms with Crippen LogP contribution in [-0.2, 0) is 6.42 Å². The molecule has 0 aromatic heterocycles. The molecule has 0 nitrogen and oxygen atoms in total. The van der Waals surface area contributed by atoms with Crippen molar-refractivity contribution in [3.8, 4) is 0 Å². The molecule has 0 heteroatoms. The minimum absolute atomic E-state index is 1.13. The highest BCUT2D eigenvalue weighted by Crippen LogP contribution is 2.08. The molecule has 0 aliphatic carbocycles. The quantitative estimate of drug-likeness (QED) is 0.617. The van der Waals surface area contributed by atoms with Crippen LogP contribution >= 0.6 is 0 Å². The number of aryl methyl sites for hydroxylation is 1. The summed E-state index contributed by atoms with van der Waals surface area (Å²) in [7, 11) is 0. The maximum Gasteiger partial charge on any atom is -0.0244 e. The van der Waals surface area contributed by atoms with E-state index in [1.807, 2.05) is 6.08 Å². The molecule has 14 heavy (non-hydrogen) atoms. The average Bonchev–Trinajstić information content (AvgIpc) is 2.18. The molecule has 0 aliphatic rings. The second kappa shape index (κ2) is 5.43. The van der Waals surface area contributed by atoms with Gasteiger partial charge in [0.05, 0.1) is 0 Å². The molecular formula is C14H18. The molecule has 0 spiro atoms. The molecule has 74 valence electrons. The molecule has 0 atom stereocenters. The fourth-order valence-electron chi connectivity index (χ4n) is 1.35. The number of hydrogen-bond donors (Lipinski definition) is 0. The third kappa shape index (κ3) is 3.61. The largest absolute Gasteiger partial charge is 0.0985 e. The van der Waals surface area contributed by atoms with Crippen LogP contribution in [0.4, 0.5) is 0 Å². The third-order valence-electron chi connectivity index (χ3n) is 2.20. The van der Waals surface area contributed by atoms with E-state index in [9.17, 15) is 0 Å². The lowest BCUT2D eigenvalue weighted by Crippen LogP contribution is -1.83. The maximum absolute atomic E-state index is 3.74. The summed E-state index contributed by atoms with van der Waals surface area (Å²) in [5, 5.41) is 0. The number of allylic oxidation sites excluding steroid dienone is 2. The Kier molecular flexibility index (Phi) is 4.18. The summed E-state index contributed by atoms with van der Waals surface area (Å²) in [6.07, 6.45) is 6.42. The standard InChI is InChI=1S/C14H18/c1-4-13-8-10-14(11-9-13)7-5-6-12(2)3/h4,6,8-11H,1,5,7H2,2-3H3. The Balaban J connectivity index is 2.52. The fraction of sp³-hybridized carbons (Fsp3) is 0.286. The van der Waals surface area contributed by atoms with Gasteiger partial charge in [0.2, 0.25) is 0 Å². The first-order valence-corrected chi connectivity index (χ1v) is 5.07. The molecule has 1 rings (SSSR count). The predicted octanol–water partition coefficient (Wildman–Crippen LogP) is 4.23. The lowest BCUT2D eigenvalue weighted by atomic mass is 10.1. The first-order chi connectivity index (χ1) is 6.72. The first-order valence-electron chi connectivity index (χ1n) is 5.07. The van der Waals surface area contributed by atoms with Gasteiger partial charge in [0.25, 0.3) is 0 Å². The van der Waals surface area contributed by atoms with E-state index in [2.05, 4.69) is 50.8 Å². The van der Waals surface area contributed by atoms with Crippen molar-refractivity contribution in [2.45, 2.75) is 26.7 Å². The van der Waals surface area contributed by atoms with Gasteiger partial charge in [0.1, 0.15) is 0 Å². The van der Waals surface area contributed by atoms with Crippen LogP contribution in [0.5, 0.6) is 0 Å². The zero-order valence-corrected chi connectivity index (χ0v) is 9.09. The molecular weight excluding hydrogens is 168 g/mol.